The Morgan fingerprint density at radius 1 is 1.29 bits per heavy atom. The fourth-order valence-corrected chi connectivity index (χ4v) is 2.08. The molecule has 1 N–H and O–H groups in total. The van der Waals surface area contributed by atoms with Crippen molar-refractivity contribution < 1.29 is 14.3 Å². The van der Waals surface area contributed by atoms with E-state index in [0.29, 0.717) is 10.7 Å². The maximum Gasteiger partial charge on any atom is 0.331 e. The average Bonchev–Trinajstić information content (AvgIpc) is 2.56. The van der Waals surface area contributed by atoms with Gasteiger partial charge in [0.15, 0.2) is 11.8 Å². The molecule has 0 saturated heterocycles. The van der Waals surface area contributed by atoms with Crippen molar-refractivity contribution in [2.75, 3.05) is 11.9 Å². The molecule has 1 aromatic carbocycles. The standard InChI is InChI=1S/C17H14Cl2N2O3/c1-11-4-5-12(9-13(11)18)6-7-16(23)24-10-15(22)21-14-3-2-8-20-17(14)19/h2-9H,10H2,1H3,(H,21,22)/b7-6+. The number of pyridine rings is 1. The molecule has 0 aliphatic heterocycles. The van der Waals surface area contributed by atoms with E-state index in [4.69, 9.17) is 27.9 Å². The quantitative estimate of drug-likeness (QED) is 0.496. The third kappa shape index (κ3) is 5.37. The van der Waals surface area contributed by atoms with Crippen LogP contribution in [0.1, 0.15) is 11.1 Å². The molecule has 24 heavy (non-hydrogen) atoms. The summed E-state index contributed by atoms with van der Waals surface area (Å²) in [5, 5.41) is 3.27. The van der Waals surface area contributed by atoms with Crippen molar-refractivity contribution in [2.24, 2.45) is 0 Å². The van der Waals surface area contributed by atoms with Gasteiger partial charge in [-0.15, -0.1) is 0 Å². The monoisotopic (exact) mass is 364 g/mol. The Morgan fingerprint density at radius 3 is 2.79 bits per heavy atom. The number of hydrogen-bond donors (Lipinski definition) is 1. The van der Waals surface area contributed by atoms with Crippen LogP contribution in [-0.2, 0) is 14.3 Å². The van der Waals surface area contributed by atoms with Gasteiger partial charge in [-0.25, -0.2) is 9.78 Å². The third-order valence-electron chi connectivity index (χ3n) is 2.99. The van der Waals surface area contributed by atoms with Gasteiger partial charge in [0.25, 0.3) is 5.91 Å². The highest BCUT2D eigenvalue weighted by atomic mass is 35.5. The number of carbonyl (C=O) groups is 2. The third-order valence-corrected chi connectivity index (χ3v) is 3.69. The van der Waals surface area contributed by atoms with Crippen LogP contribution in [0.4, 0.5) is 5.69 Å². The van der Waals surface area contributed by atoms with Crippen LogP contribution < -0.4 is 5.32 Å². The number of rotatable bonds is 5. The molecule has 124 valence electrons. The van der Waals surface area contributed by atoms with Gasteiger partial charge in [0, 0.05) is 17.3 Å². The van der Waals surface area contributed by atoms with Gasteiger partial charge in [-0.1, -0.05) is 35.3 Å². The molecule has 1 amide bonds. The molecule has 0 unspecified atom stereocenters. The summed E-state index contributed by atoms with van der Waals surface area (Å²) in [7, 11) is 0. The smallest absolute Gasteiger partial charge is 0.331 e. The fraction of sp³-hybridized carbons (Fsp3) is 0.118. The van der Waals surface area contributed by atoms with Crippen molar-refractivity contribution in [1.29, 1.82) is 0 Å². The van der Waals surface area contributed by atoms with Crippen LogP contribution in [0.25, 0.3) is 6.08 Å². The Bertz CT molecular complexity index is 791. The summed E-state index contributed by atoms with van der Waals surface area (Å²) in [6.45, 7) is 1.46. The number of amides is 1. The van der Waals surface area contributed by atoms with E-state index in [0.717, 1.165) is 11.1 Å². The number of aromatic nitrogens is 1. The van der Waals surface area contributed by atoms with E-state index in [1.165, 1.54) is 12.3 Å². The number of nitrogens with zero attached hydrogens (tertiary/aromatic N) is 1. The molecular weight excluding hydrogens is 351 g/mol. The lowest BCUT2D eigenvalue weighted by atomic mass is 10.1. The maximum absolute atomic E-state index is 11.7. The molecule has 0 spiro atoms. The molecule has 0 aliphatic rings. The molecule has 2 aromatic rings. The zero-order chi connectivity index (χ0) is 17.5. The largest absolute Gasteiger partial charge is 0.452 e. The predicted octanol–water partition coefficient (Wildman–Crippen LogP) is 3.89. The zero-order valence-electron chi connectivity index (χ0n) is 12.8. The number of anilines is 1. The fourth-order valence-electron chi connectivity index (χ4n) is 1.73. The van der Waals surface area contributed by atoms with E-state index in [2.05, 4.69) is 10.3 Å². The van der Waals surface area contributed by atoms with E-state index >= 15 is 0 Å². The number of hydrogen-bond acceptors (Lipinski definition) is 4. The van der Waals surface area contributed by atoms with Gasteiger partial charge < -0.3 is 10.1 Å². The van der Waals surface area contributed by atoms with Gasteiger partial charge >= 0.3 is 5.97 Å². The molecule has 0 aliphatic carbocycles. The van der Waals surface area contributed by atoms with E-state index in [-0.39, 0.29) is 5.15 Å². The average molecular weight is 365 g/mol. The summed E-state index contributed by atoms with van der Waals surface area (Å²) in [6, 6.07) is 8.62. The molecule has 0 radical (unpaired) electrons. The van der Waals surface area contributed by atoms with Gasteiger partial charge in [-0.05, 0) is 42.3 Å². The summed E-state index contributed by atoms with van der Waals surface area (Å²) in [4.78, 5) is 27.2. The van der Waals surface area contributed by atoms with Crippen molar-refractivity contribution in [1.82, 2.24) is 4.98 Å². The second-order valence-corrected chi connectivity index (χ2v) is 5.60. The number of aryl methyl sites for hydroxylation is 1. The van der Waals surface area contributed by atoms with Gasteiger partial charge in [0.1, 0.15) is 0 Å². The van der Waals surface area contributed by atoms with Crippen molar-refractivity contribution in [3.05, 3.63) is 63.9 Å². The number of esters is 1. The van der Waals surface area contributed by atoms with Crippen molar-refractivity contribution in [3.8, 4) is 0 Å². The van der Waals surface area contributed by atoms with Crippen LogP contribution in [0.3, 0.4) is 0 Å². The van der Waals surface area contributed by atoms with E-state index in [1.54, 1.807) is 24.3 Å². The van der Waals surface area contributed by atoms with Crippen molar-refractivity contribution in [2.45, 2.75) is 6.92 Å². The lowest BCUT2D eigenvalue weighted by Gasteiger charge is -2.06. The van der Waals surface area contributed by atoms with Gasteiger partial charge in [0.05, 0.1) is 5.69 Å². The highest BCUT2D eigenvalue weighted by Crippen LogP contribution is 2.18. The van der Waals surface area contributed by atoms with Crippen molar-refractivity contribution >= 4 is 46.8 Å². The molecule has 0 bridgehead atoms. The number of halogens is 2. The number of nitrogens with one attached hydrogen (secondary N) is 1. The van der Waals surface area contributed by atoms with Crippen LogP contribution in [0, 0.1) is 6.92 Å². The van der Waals surface area contributed by atoms with Gasteiger partial charge in [0.2, 0.25) is 0 Å². The van der Waals surface area contributed by atoms with Crippen molar-refractivity contribution in [3.63, 3.8) is 0 Å². The second kappa shape index (κ2) is 8.47. The van der Waals surface area contributed by atoms with Crippen LogP contribution in [-0.4, -0.2) is 23.5 Å². The topological polar surface area (TPSA) is 68.3 Å². The van der Waals surface area contributed by atoms with Gasteiger partial charge in [-0.2, -0.15) is 0 Å². The first kappa shape index (κ1) is 18.0. The molecule has 7 heteroatoms. The zero-order valence-corrected chi connectivity index (χ0v) is 14.3. The molecular formula is C17H14Cl2N2O3. The summed E-state index contributed by atoms with van der Waals surface area (Å²) in [5.74, 6) is -1.15. The lowest BCUT2D eigenvalue weighted by Crippen LogP contribution is -2.20. The first-order valence-electron chi connectivity index (χ1n) is 6.97. The molecule has 0 saturated carbocycles. The molecule has 5 nitrogen and oxygen atoms in total. The van der Waals surface area contributed by atoms with Crippen LogP contribution >= 0.6 is 23.2 Å². The summed E-state index contributed by atoms with van der Waals surface area (Å²) in [5.41, 5.74) is 2.06. The van der Waals surface area contributed by atoms with Crippen LogP contribution in [0.5, 0.6) is 0 Å². The lowest BCUT2D eigenvalue weighted by molar-refractivity contribution is -0.142. The minimum absolute atomic E-state index is 0.160. The highest BCUT2D eigenvalue weighted by Gasteiger charge is 2.08. The maximum atomic E-state index is 11.7. The van der Waals surface area contributed by atoms with Crippen LogP contribution in [0.15, 0.2) is 42.6 Å². The summed E-state index contributed by atoms with van der Waals surface area (Å²) < 4.78 is 4.86. The molecule has 1 heterocycles. The second-order valence-electron chi connectivity index (χ2n) is 4.84. The first-order valence-corrected chi connectivity index (χ1v) is 7.72. The molecule has 0 atom stereocenters. The SMILES string of the molecule is Cc1ccc(/C=C/C(=O)OCC(=O)Nc2cccnc2Cl)cc1Cl. The number of ether oxygens (including phenoxy) is 1. The summed E-state index contributed by atoms with van der Waals surface area (Å²) >= 11 is 11.8. The number of benzene rings is 1. The summed E-state index contributed by atoms with van der Waals surface area (Å²) in [6.07, 6.45) is 4.29. The van der Waals surface area contributed by atoms with Gasteiger partial charge in [-0.3, -0.25) is 4.79 Å². The van der Waals surface area contributed by atoms with E-state index < -0.39 is 18.5 Å². The normalized spacial score (nSPS) is 10.6. The first-order chi connectivity index (χ1) is 11.5. The molecule has 0 fully saturated rings. The Balaban J connectivity index is 1.84. The Labute approximate surface area is 149 Å². The van der Waals surface area contributed by atoms with Crippen LogP contribution in [0.2, 0.25) is 10.2 Å². The minimum Gasteiger partial charge on any atom is -0.452 e. The molecule has 1 aromatic heterocycles. The predicted molar refractivity (Wildman–Crippen MR) is 94.1 cm³/mol. The molecule has 2 rings (SSSR count). The minimum atomic E-state index is -0.640. The van der Waals surface area contributed by atoms with E-state index in [9.17, 15) is 9.59 Å². The Morgan fingerprint density at radius 2 is 2.08 bits per heavy atom. The number of carbonyl (C=O) groups excluding carboxylic acids is 2. The Hall–Kier alpha value is -2.37. The Kier molecular flexibility index (Phi) is 6.35. The van der Waals surface area contributed by atoms with E-state index in [1.807, 2.05) is 19.1 Å². The highest BCUT2D eigenvalue weighted by molar-refractivity contribution is 6.32.